The van der Waals surface area contributed by atoms with Gasteiger partial charge in [-0.2, -0.15) is 5.10 Å². The van der Waals surface area contributed by atoms with Gasteiger partial charge in [0.2, 0.25) is 0 Å². The molecule has 1 aromatic carbocycles. The third-order valence-corrected chi connectivity index (χ3v) is 2.94. The Kier molecular flexibility index (Phi) is 2.83. The molecule has 1 N–H and O–H groups in total. The van der Waals surface area contributed by atoms with Gasteiger partial charge in [-0.25, -0.2) is 14.5 Å². The van der Waals surface area contributed by atoms with Crippen molar-refractivity contribution in [3.05, 3.63) is 58.5 Å². The van der Waals surface area contributed by atoms with Gasteiger partial charge in [0.25, 0.3) is 0 Å². The zero-order valence-electron chi connectivity index (χ0n) is 10.5. The number of pyridine rings is 1. The van der Waals surface area contributed by atoms with E-state index in [2.05, 4.69) is 10.1 Å². The molecule has 0 bridgehead atoms. The molecule has 104 valence electrons. The van der Waals surface area contributed by atoms with Crippen LogP contribution >= 0.6 is 0 Å². The maximum absolute atomic E-state index is 11.1. The van der Waals surface area contributed by atoms with Crippen LogP contribution in [0, 0.1) is 10.1 Å². The first kappa shape index (κ1) is 12.7. The van der Waals surface area contributed by atoms with Crippen LogP contribution in [0.2, 0.25) is 0 Å². The summed E-state index contributed by atoms with van der Waals surface area (Å²) in [7, 11) is 0. The number of carbonyl (C=O) groups is 1. The van der Waals surface area contributed by atoms with Crippen LogP contribution < -0.4 is 0 Å². The van der Waals surface area contributed by atoms with Gasteiger partial charge in [0.1, 0.15) is 12.4 Å². The molecule has 0 fully saturated rings. The monoisotopic (exact) mass is 284 g/mol. The topological polar surface area (TPSA) is 111 Å². The number of fused-ring (bicyclic) bond motifs is 1. The number of aromatic nitrogens is 3. The summed E-state index contributed by atoms with van der Waals surface area (Å²) in [6.07, 6.45) is 2.28. The number of benzene rings is 1. The van der Waals surface area contributed by atoms with Gasteiger partial charge in [0, 0.05) is 5.39 Å². The molecule has 0 saturated carbocycles. The van der Waals surface area contributed by atoms with E-state index in [1.807, 2.05) is 0 Å². The number of rotatable bonds is 3. The SMILES string of the molecule is O=C(O)c1cc2ccccc2c(-n2cc([N+](=O)[O-])cn2)n1. The molecule has 0 radical (unpaired) electrons. The Morgan fingerprint density at radius 2 is 2.10 bits per heavy atom. The first-order valence-electron chi connectivity index (χ1n) is 5.89. The second-order valence-corrected chi connectivity index (χ2v) is 4.26. The fourth-order valence-corrected chi connectivity index (χ4v) is 1.99. The highest BCUT2D eigenvalue weighted by Gasteiger charge is 2.15. The van der Waals surface area contributed by atoms with Gasteiger partial charge in [-0.15, -0.1) is 0 Å². The van der Waals surface area contributed by atoms with E-state index < -0.39 is 10.9 Å². The van der Waals surface area contributed by atoms with E-state index in [0.29, 0.717) is 10.8 Å². The quantitative estimate of drug-likeness (QED) is 0.581. The Balaban J connectivity index is 2.28. The molecular weight excluding hydrogens is 276 g/mol. The molecule has 3 aromatic rings. The van der Waals surface area contributed by atoms with Crippen molar-refractivity contribution in [1.82, 2.24) is 14.8 Å². The predicted molar refractivity (Wildman–Crippen MR) is 72.5 cm³/mol. The van der Waals surface area contributed by atoms with E-state index in [-0.39, 0.29) is 17.2 Å². The van der Waals surface area contributed by atoms with Crippen molar-refractivity contribution in [2.45, 2.75) is 0 Å². The summed E-state index contributed by atoms with van der Waals surface area (Å²) in [6.45, 7) is 0. The summed E-state index contributed by atoms with van der Waals surface area (Å²) in [5.41, 5.74) is -0.344. The van der Waals surface area contributed by atoms with Crippen molar-refractivity contribution in [3.63, 3.8) is 0 Å². The van der Waals surface area contributed by atoms with Crippen LogP contribution in [0.25, 0.3) is 16.6 Å². The van der Waals surface area contributed by atoms with Crippen LogP contribution in [-0.4, -0.2) is 30.8 Å². The molecule has 0 saturated heterocycles. The Morgan fingerprint density at radius 1 is 1.33 bits per heavy atom. The molecule has 2 heterocycles. The highest BCUT2D eigenvalue weighted by Crippen LogP contribution is 2.22. The first-order chi connectivity index (χ1) is 10.1. The second-order valence-electron chi connectivity index (χ2n) is 4.26. The van der Waals surface area contributed by atoms with Crippen molar-refractivity contribution in [1.29, 1.82) is 0 Å². The third kappa shape index (κ3) is 2.18. The molecule has 3 rings (SSSR count). The Labute approximate surface area is 117 Å². The van der Waals surface area contributed by atoms with Crippen LogP contribution in [0.5, 0.6) is 0 Å². The lowest BCUT2D eigenvalue weighted by Crippen LogP contribution is -2.06. The molecular formula is C13H8N4O4. The van der Waals surface area contributed by atoms with E-state index in [9.17, 15) is 14.9 Å². The lowest BCUT2D eigenvalue weighted by molar-refractivity contribution is -0.384. The van der Waals surface area contributed by atoms with Crippen molar-refractivity contribution >= 4 is 22.4 Å². The number of nitrogens with zero attached hydrogens (tertiary/aromatic N) is 4. The number of carboxylic acid groups (broad SMARTS) is 1. The minimum atomic E-state index is -1.18. The van der Waals surface area contributed by atoms with Gasteiger partial charge in [-0.1, -0.05) is 24.3 Å². The molecule has 8 heteroatoms. The van der Waals surface area contributed by atoms with Gasteiger partial charge in [-0.05, 0) is 11.5 Å². The zero-order chi connectivity index (χ0) is 15.0. The molecule has 8 nitrogen and oxygen atoms in total. The maximum atomic E-state index is 11.1. The number of hydrogen-bond acceptors (Lipinski definition) is 5. The van der Waals surface area contributed by atoms with Crippen LogP contribution in [0.3, 0.4) is 0 Å². The molecule has 0 aliphatic heterocycles. The van der Waals surface area contributed by atoms with Crippen molar-refractivity contribution < 1.29 is 14.8 Å². The van der Waals surface area contributed by atoms with Crippen LogP contribution in [0.15, 0.2) is 42.7 Å². The summed E-state index contributed by atoms with van der Waals surface area (Å²) in [4.78, 5) is 25.3. The fraction of sp³-hybridized carbons (Fsp3) is 0. The van der Waals surface area contributed by atoms with Crippen molar-refractivity contribution in [3.8, 4) is 5.82 Å². The third-order valence-electron chi connectivity index (χ3n) is 2.94. The van der Waals surface area contributed by atoms with E-state index in [1.54, 1.807) is 24.3 Å². The predicted octanol–water partition coefficient (Wildman–Crippen LogP) is 2.03. The number of nitro groups is 1. The standard InChI is InChI=1S/C13H8N4O4/c18-13(19)11-5-8-3-1-2-4-10(8)12(15-11)16-7-9(6-14-16)17(20)21/h1-7H,(H,18,19). The Morgan fingerprint density at radius 3 is 2.76 bits per heavy atom. The van der Waals surface area contributed by atoms with Gasteiger partial charge in [0.15, 0.2) is 11.5 Å². The first-order valence-corrected chi connectivity index (χ1v) is 5.89. The average Bonchev–Trinajstić information content (AvgIpc) is 2.96. The molecule has 0 atom stereocenters. The lowest BCUT2D eigenvalue weighted by atomic mass is 10.1. The molecule has 0 spiro atoms. The normalized spacial score (nSPS) is 10.7. The minimum absolute atomic E-state index is 0.151. The number of aromatic carboxylic acids is 1. The van der Waals surface area contributed by atoms with Gasteiger partial charge < -0.3 is 5.11 Å². The largest absolute Gasteiger partial charge is 0.477 e. The van der Waals surface area contributed by atoms with Gasteiger partial charge >= 0.3 is 11.7 Å². The maximum Gasteiger partial charge on any atom is 0.354 e. The molecule has 2 aromatic heterocycles. The highest BCUT2D eigenvalue weighted by atomic mass is 16.6. The summed E-state index contributed by atoms with van der Waals surface area (Å²) >= 11 is 0. The summed E-state index contributed by atoms with van der Waals surface area (Å²) in [5.74, 6) is -0.942. The summed E-state index contributed by atoms with van der Waals surface area (Å²) in [6, 6.07) is 8.47. The highest BCUT2D eigenvalue weighted by molar-refractivity contribution is 5.95. The van der Waals surface area contributed by atoms with Gasteiger partial charge in [-0.3, -0.25) is 10.1 Å². The van der Waals surface area contributed by atoms with E-state index >= 15 is 0 Å². The summed E-state index contributed by atoms with van der Waals surface area (Å²) < 4.78 is 1.20. The molecule has 0 amide bonds. The molecule has 0 aliphatic carbocycles. The fourth-order valence-electron chi connectivity index (χ4n) is 1.99. The van der Waals surface area contributed by atoms with Crippen LogP contribution in [-0.2, 0) is 0 Å². The van der Waals surface area contributed by atoms with Crippen LogP contribution in [0.4, 0.5) is 5.69 Å². The van der Waals surface area contributed by atoms with Crippen LogP contribution in [0.1, 0.15) is 10.5 Å². The Bertz CT molecular complexity index is 871. The van der Waals surface area contributed by atoms with Crippen molar-refractivity contribution in [2.24, 2.45) is 0 Å². The number of carboxylic acids is 1. The second kappa shape index (κ2) is 4.67. The Hall–Kier alpha value is -3.29. The van der Waals surface area contributed by atoms with E-state index in [1.165, 1.54) is 16.9 Å². The lowest BCUT2D eigenvalue weighted by Gasteiger charge is -2.06. The van der Waals surface area contributed by atoms with E-state index in [4.69, 9.17) is 5.11 Å². The van der Waals surface area contributed by atoms with Gasteiger partial charge in [0.05, 0.1) is 4.92 Å². The molecule has 0 unspecified atom stereocenters. The van der Waals surface area contributed by atoms with E-state index in [0.717, 1.165) is 6.20 Å². The minimum Gasteiger partial charge on any atom is -0.477 e. The number of hydrogen-bond donors (Lipinski definition) is 1. The summed E-state index contributed by atoms with van der Waals surface area (Å²) in [5, 5.41) is 25.0. The molecule has 21 heavy (non-hydrogen) atoms. The van der Waals surface area contributed by atoms with Crippen molar-refractivity contribution in [2.75, 3.05) is 0 Å². The zero-order valence-corrected chi connectivity index (χ0v) is 10.5. The average molecular weight is 284 g/mol. The molecule has 0 aliphatic rings. The smallest absolute Gasteiger partial charge is 0.354 e.